The molecule has 2 aromatic rings. The van der Waals surface area contributed by atoms with Gasteiger partial charge in [0.05, 0.1) is 26.8 Å². The number of hydrogen-bond acceptors (Lipinski definition) is 1. The Morgan fingerprint density at radius 2 is 0.905 bits per heavy atom. The summed E-state index contributed by atoms with van der Waals surface area (Å²) >= 11 is 28.1. The summed E-state index contributed by atoms with van der Waals surface area (Å²) in [5, 5.41) is 0. The minimum atomic E-state index is 0.649. The van der Waals surface area contributed by atoms with Crippen molar-refractivity contribution < 1.29 is 4.74 Å². The molecule has 112 valence electrons. The van der Waals surface area contributed by atoms with Crippen LogP contribution in [-0.4, -0.2) is 0 Å². The lowest BCUT2D eigenvalue weighted by Crippen LogP contribution is -1.93. The Labute approximate surface area is 189 Å². The molecule has 0 radical (unpaired) electrons. The number of halogens is 8. The highest BCUT2D eigenvalue weighted by molar-refractivity contribution is 9.16. The van der Waals surface area contributed by atoms with Crippen LogP contribution in [0.4, 0.5) is 0 Å². The van der Waals surface area contributed by atoms with Crippen LogP contribution in [0.2, 0.25) is 0 Å². The molecule has 0 saturated carbocycles. The van der Waals surface area contributed by atoms with E-state index in [9.17, 15) is 0 Å². The molecular formula is C12H2Br8O. The summed E-state index contributed by atoms with van der Waals surface area (Å²) < 4.78 is 12.9. The summed E-state index contributed by atoms with van der Waals surface area (Å²) in [5.74, 6) is 1.32. The number of rotatable bonds is 2. The van der Waals surface area contributed by atoms with Gasteiger partial charge in [0.25, 0.3) is 0 Å². The Morgan fingerprint density at radius 1 is 0.476 bits per heavy atom. The predicted molar refractivity (Wildman–Crippen MR) is 115 cm³/mol. The quantitative estimate of drug-likeness (QED) is 0.217. The zero-order valence-corrected chi connectivity index (χ0v) is 22.3. The van der Waals surface area contributed by atoms with Crippen LogP contribution in [0.1, 0.15) is 0 Å². The third kappa shape index (κ3) is 4.02. The first-order valence-electron chi connectivity index (χ1n) is 5.08. The van der Waals surface area contributed by atoms with E-state index in [4.69, 9.17) is 4.74 Å². The lowest BCUT2D eigenvalue weighted by Gasteiger charge is -2.16. The number of hydrogen-bond donors (Lipinski definition) is 0. The molecule has 0 saturated heterocycles. The molecule has 0 amide bonds. The van der Waals surface area contributed by atoms with Gasteiger partial charge < -0.3 is 4.74 Å². The minimum absolute atomic E-state index is 0.649. The summed E-state index contributed by atoms with van der Waals surface area (Å²) in [6, 6.07) is 3.84. The zero-order valence-electron chi connectivity index (χ0n) is 9.59. The van der Waals surface area contributed by atoms with Gasteiger partial charge in [0, 0.05) is 8.95 Å². The normalized spacial score (nSPS) is 10.9. The highest BCUT2D eigenvalue weighted by Crippen LogP contribution is 2.51. The first-order valence-corrected chi connectivity index (χ1v) is 11.4. The van der Waals surface area contributed by atoms with E-state index in [2.05, 4.69) is 127 Å². The summed E-state index contributed by atoms with van der Waals surface area (Å²) in [6.45, 7) is 0. The first kappa shape index (κ1) is 19.4. The average molecular weight is 801 g/mol. The second-order valence-corrected chi connectivity index (χ2v) is 10.1. The summed E-state index contributed by atoms with van der Waals surface area (Å²) in [4.78, 5) is 0. The van der Waals surface area contributed by atoms with E-state index in [1.165, 1.54) is 0 Å². The third-order valence-corrected chi connectivity index (χ3v) is 11.0. The maximum Gasteiger partial charge on any atom is 0.158 e. The van der Waals surface area contributed by atoms with Crippen molar-refractivity contribution in [3.05, 3.63) is 47.9 Å². The SMILES string of the molecule is Brc1ccc(Br)c(Oc2c(Br)c(Br)c(Br)c(Br)c2Br)c1Br. The van der Waals surface area contributed by atoms with E-state index in [-0.39, 0.29) is 0 Å². The lowest BCUT2D eigenvalue weighted by molar-refractivity contribution is 0.469. The largest absolute Gasteiger partial charge is 0.452 e. The van der Waals surface area contributed by atoms with Crippen LogP contribution in [-0.2, 0) is 0 Å². The third-order valence-electron chi connectivity index (χ3n) is 2.38. The van der Waals surface area contributed by atoms with Crippen LogP contribution in [0, 0.1) is 0 Å². The van der Waals surface area contributed by atoms with Crippen LogP contribution >= 0.6 is 127 Å². The zero-order chi connectivity index (χ0) is 15.9. The van der Waals surface area contributed by atoms with Crippen LogP contribution in [0.15, 0.2) is 47.9 Å². The summed E-state index contributed by atoms with van der Waals surface area (Å²) in [5.41, 5.74) is 0. The molecule has 0 spiro atoms. The van der Waals surface area contributed by atoms with Gasteiger partial charge >= 0.3 is 0 Å². The lowest BCUT2D eigenvalue weighted by atomic mass is 10.3. The van der Waals surface area contributed by atoms with Crippen molar-refractivity contribution in [1.29, 1.82) is 0 Å². The molecule has 0 N–H and O–H groups in total. The molecular weight excluding hydrogens is 799 g/mol. The molecule has 0 fully saturated rings. The van der Waals surface area contributed by atoms with Crippen molar-refractivity contribution in [1.82, 2.24) is 0 Å². The average Bonchev–Trinajstić information content (AvgIpc) is 2.46. The highest BCUT2D eigenvalue weighted by Gasteiger charge is 2.21. The first-order chi connectivity index (χ1) is 9.75. The molecule has 0 atom stereocenters. The molecule has 1 nitrogen and oxygen atoms in total. The molecule has 0 aromatic heterocycles. The number of benzene rings is 2. The highest BCUT2D eigenvalue weighted by atomic mass is 79.9. The van der Waals surface area contributed by atoms with E-state index in [1.807, 2.05) is 12.1 Å². The van der Waals surface area contributed by atoms with Gasteiger partial charge in [0.15, 0.2) is 11.5 Å². The Kier molecular flexibility index (Phi) is 7.37. The topological polar surface area (TPSA) is 9.23 Å². The Hall–Kier alpha value is 2.08. The number of ether oxygens (including phenoxy) is 1. The Balaban J connectivity index is 2.64. The molecule has 0 aliphatic carbocycles. The maximum absolute atomic E-state index is 6.10. The molecule has 2 aromatic carbocycles. The van der Waals surface area contributed by atoms with E-state index in [1.54, 1.807) is 0 Å². The molecule has 2 rings (SSSR count). The summed E-state index contributed by atoms with van der Waals surface area (Å²) in [6.07, 6.45) is 0. The predicted octanol–water partition coefficient (Wildman–Crippen LogP) is 9.58. The van der Waals surface area contributed by atoms with E-state index >= 15 is 0 Å². The molecule has 0 bridgehead atoms. The molecule has 0 heterocycles. The molecule has 0 aliphatic heterocycles. The van der Waals surface area contributed by atoms with Crippen LogP contribution in [0.25, 0.3) is 0 Å². The van der Waals surface area contributed by atoms with Crippen LogP contribution in [0.5, 0.6) is 11.5 Å². The van der Waals surface area contributed by atoms with Gasteiger partial charge in [-0.3, -0.25) is 0 Å². The van der Waals surface area contributed by atoms with Gasteiger partial charge in [-0.2, -0.15) is 0 Å². The van der Waals surface area contributed by atoms with E-state index in [0.29, 0.717) is 11.5 Å². The van der Waals surface area contributed by atoms with Gasteiger partial charge in [-0.1, -0.05) is 0 Å². The maximum atomic E-state index is 6.10. The molecule has 0 unspecified atom stereocenters. The molecule has 9 heteroatoms. The standard InChI is InChI=1S/C12H2Br8O/c13-3-1-2-4(14)11(5(3)15)21-12-9(19)7(17)6(16)8(18)10(12)20/h1-2H. The smallest absolute Gasteiger partial charge is 0.158 e. The van der Waals surface area contributed by atoms with Crippen molar-refractivity contribution in [2.75, 3.05) is 0 Å². The second kappa shape index (κ2) is 7.97. The van der Waals surface area contributed by atoms with Gasteiger partial charge in [0.2, 0.25) is 0 Å². The van der Waals surface area contributed by atoms with Crippen molar-refractivity contribution >= 4 is 127 Å². The summed E-state index contributed by atoms with van der Waals surface area (Å²) in [7, 11) is 0. The van der Waals surface area contributed by atoms with Crippen molar-refractivity contribution in [3.8, 4) is 11.5 Å². The fourth-order valence-corrected chi connectivity index (χ4v) is 5.97. The van der Waals surface area contributed by atoms with Gasteiger partial charge in [-0.05, 0) is 140 Å². The van der Waals surface area contributed by atoms with Crippen molar-refractivity contribution in [3.63, 3.8) is 0 Å². The fourth-order valence-electron chi connectivity index (χ4n) is 1.38. The minimum Gasteiger partial charge on any atom is -0.452 e. The molecule has 0 aliphatic rings. The van der Waals surface area contributed by atoms with E-state index in [0.717, 1.165) is 35.8 Å². The fraction of sp³-hybridized carbons (Fsp3) is 0. The van der Waals surface area contributed by atoms with Gasteiger partial charge in [-0.15, -0.1) is 0 Å². The van der Waals surface area contributed by atoms with E-state index < -0.39 is 0 Å². The van der Waals surface area contributed by atoms with Gasteiger partial charge in [-0.25, -0.2) is 0 Å². The Bertz CT molecular complexity index is 699. The van der Waals surface area contributed by atoms with Gasteiger partial charge in [0.1, 0.15) is 0 Å². The second-order valence-electron chi connectivity index (χ2n) is 3.67. The van der Waals surface area contributed by atoms with Crippen molar-refractivity contribution in [2.45, 2.75) is 0 Å². The van der Waals surface area contributed by atoms with Crippen LogP contribution < -0.4 is 4.74 Å². The monoisotopic (exact) mass is 793 g/mol. The van der Waals surface area contributed by atoms with Crippen LogP contribution in [0.3, 0.4) is 0 Å². The Morgan fingerprint density at radius 3 is 1.43 bits per heavy atom. The molecule has 21 heavy (non-hydrogen) atoms. The van der Waals surface area contributed by atoms with Crippen molar-refractivity contribution in [2.24, 2.45) is 0 Å².